The van der Waals surface area contributed by atoms with Gasteiger partial charge in [0.05, 0.1) is 5.84 Å². The van der Waals surface area contributed by atoms with Crippen molar-refractivity contribution < 1.29 is 0 Å². The average Bonchev–Trinajstić information content (AvgIpc) is 2.81. The highest BCUT2D eigenvalue weighted by molar-refractivity contribution is 7.13. The fourth-order valence-corrected chi connectivity index (χ4v) is 2.57. The quantitative estimate of drug-likeness (QED) is 0.632. The molecule has 88 valence electrons. The van der Waals surface area contributed by atoms with Crippen LogP contribution in [0.1, 0.15) is 13.8 Å². The third-order valence-corrected chi connectivity index (χ3v) is 3.69. The average molecular weight is 238 g/mol. The van der Waals surface area contributed by atoms with Gasteiger partial charge >= 0.3 is 0 Å². The van der Waals surface area contributed by atoms with Crippen LogP contribution in [0, 0.1) is 11.3 Å². The second kappa shape index (κ2) is 4.82. The van der Waals surface area contributed by atoms with Gasteiger partial charge in [-0.05, 0) is 0 Å². The van der Waals surface area contributed by atoms with E-state index in [1.165, 1.54) is 0 Å². The maximum atomic E-state index is 7.97. The van der Waals surface area contributed by atoms with E-state index in [0.29, 0.717) is 5.92 Å². The molecule has 16 heavy (non-hydrogen) atoms. The molecule has 4 nitrogen and oxygen atoms in total. The van der Waals surface area contributed by atoms with Gasteiger partial charge in [0.15, 0.2) is 5.13 Å². The summed E-state index contributed by atoms with van der Waals surface area (Å²) in [6.45, 7) is 7.99. The molecule has 1 aromatic heterocycles. The van der Waals surface area contributed by atoms with Gasteiger partial charge in [-0.15, -0.1) is 11.3 Å². The molecule has 0 aliphatic carbocycles. The van der Waals surface area contributed by atoms with Gasteiger partial charge in [-0.1, -0.05) is 13.8 Å². The van der Waals surface area contributed by atoms with Crippen LogP contribution >= 0.6 is 11.3 Å². The summed E-state index contributed by atoms with van der Waals surface area (Å²) < 4.78 is 0. The Morgan fingerprint density at radius 1 is 1.38 bits per heavy atom. The third kappa shape index (κ3) is 2.35. The highest BCUT2D eigenvalue weighted by atomic mass is 32.1. The number of piperazine rings is 1. The standard InChI is InChI=1S/C11H18N4S/c1-9(2)10(12)14-4-6-15(7-5-14)11-13-3-8-16-11/h3,8-9,12H,4-7H2,1-2H3. The number of rotatable bonds is 2. The van der Waals surface area contributed by atoms with Crippen LogP contribution in [-0.2, 0) is 0 Å². The summed E-state index contributed by atoms with van der Waals surface area (Å²) in [4.78, 5) is 8.79. The Labute approximate surface area is 100 Å². The van der Waals surface area contributed by atoms with Crippen LogP contribution in [0.3, 0.4) is 0 Å². The number of nitrogens with one attached hydrogen (secondary N) is 1. The fraction of sp³-hybridized carbons (Fsp3) is 0.636. The van der Waals surface area contributed by atoms with Gasteiger partial charge in [0.1, 0.15) is 0 Å². The minimum absolute atomic E-state index is 0.325. The highest BCUT2D eigenvalue weighted by Crippen LogP contribution is 2.19. The number of anilines is 1. The lowest BCUT2D eigenvalue weighted by Gasteiger charge is -2.36. The van der Waals surface area contributed by atoms with Crippen molar-refractivity contribution in [3.8, 4) is 0 Å². The lowest BCUT2D eigenvalue weighted by Crippen LogP contribution is -2.49. The number of amidine groups is 1. The van der Waals surface area contributed by atoms with E-state index in [0.717, 1.165) is 37.1 Å². The Morgan fingerprint density at radius 3 is 2.56 bits per heavy atom. The van der Waals surface area contributed by atoms with Crippen molar-refractivity contribution >= 4 is 22.3 Å². The van der Waals surface area contributed by atoms with Gasteiger partial charge in [-0.25, -0.2) is 4.98 Å². The summed E-state index contributed by atoms with van der Waals surface area (Å²) >= 11 is 1.69. The SMILES string of the molecule is CC(C)C(=N)N1CCN(c2nccs2)CC1. The minimum Gasteiger partial charge on any atom is -0.357 e. The molecule has 1 aliphatic rings. The van der Waals surface area contributed by atoms with Crippen LogP contribution in [0.25, 0.3) is 0 Å². The zero-order chi connectivity index (χ0) is 11.5. The van der Waals surface area contributed by atoms with E-state index in [9.17, 15) is 0 Å². The molecule has 0 bridgehead atoms. The summed E-state index contributed by atoms with van der Waals surface area (Å²) in [5, 5.41) is 11.1. The second-order valence-corrected chi connectivity index (χ2v) is 5.20. The van der Waals surface area contributed by atoms with Gasteiger partial charge in [-0.3, -0.25) is 5.41 Å². The maximum Gasteiger partial charge on any atom is 0.185 e. The predicted molar refractivity (Wildman–Crippen MR) is 68.5 cm³/mol. The molecule has 0 spiro atoms. The van der Waals surface area contributed by atoms with Crippen LogP contribution in [0.15, 0.2) is 11.6 Å². The Balaban J connectivity index is 1.90. The van der Waals surface area contributed by atoms with Crippen LogP contribution in [0.4, 0.5) is 5.13 Å². The van der Waals surface area contributed by atoms with Crippen LogP contribution in [-0.4, -0.2) is 41.9 Å². The van der Waals surface area contributed by atoms with Crippen LogP contribution in [0.5, 0.6) is 0 Å². The Morgan fingerprint density at radius 2 is 2.06 bits per heavy atom. The maximum absolute atomic E-state index is 7.97. The molecule has 0 radical (unpaired) electrons. The Hall–Kier alpha value is -1.10. The van der Waals surface area contributed by atoms with Gasteiger partial charge in [0, 0.05) is 43.7 Å². The van der Waals surface area contributed by atoms with E-state index in [2.05, 4.69) is 28.6 Å². The minimum atomic E-state index is 0.325. The molecule has 0 saturated carbocycles. The highest BCUT2D eigenvalue weighted by Gasteiger charge is 2.21. The number of nitrogens with zero attached hydrogens (tertiary/aromatic N) is 3. The fourth-order valence-electron chi connectivity index (χ4n) is 1.88. The van der Waals surface area contributed by atoms with Gasteiger partial charge in [0.2, 0.25) is 0 Å². The molecule has 0 amide bonds. The van der Waals surface area contributed by atoms with E-state index in [4.69, 9.17) is 5.41 Å². The number of hydrogen-bond donors (Lipinski definition) is 1. The normalized spacial score (nSPS) is 16.9. The predicted octanol–water partition coefficient (Wildman–Crippen LogP) is 1.90. The first-order chi connectivity index (χ1) is 7.68. The molecule has 2 rings (SSSR count). The van der Waals surface area contributed by atoms with Crippen LogP contribution < -0.4 is 4.90 Å². The van der Waals surface area contributed by atoms with Crippen molar-refractivity contribution in [3.63, 3.8) is 0 Å². The van der Waals surface area contributed by atoms with Crippen molar-refractivity contribution in [1.29, 1.82) is 5.41 Å². The summed E-state index contributed by atoms with van der Waals surface area (Å²) in [6, 6.07) is 0. The molecule has 5 heteroatoms. The molecule has 1 aliphatic heterocycles. The summed E-state index contributed by atoms with van der Waals surface area (Å²) in [5.74, 6) is 1.09. The zero-order valence-electron chi connectivity index (χ0n) is 9.81. The van der Waals surface area contributed by atoms with Crippen molar-refractivity contribution in [3.05, 3.63) is 11.6 Å². The van der Waals surface area contributed by atoms with Crippen molar-refractivity contribution in [1.82, 2.24) is 9.88 Å². The smallest absolute Gasteiger partial charge is 0.185 e. The molecule has 0 aromatic carbocycles. The molecule has 0 atom stereocenters. The van der Waals surface area contributed by atoms with Crippen molar-refractivity contribution in [2.75, 3.05) is 31.1 Å². The number of aromatic nitrogens is 1. The molecular weight excluding hydrogens is 220 g/mol. The van der Waals surface area contributed by atoms with Crippen molar-refractivity contribution in [2.45, 2.75) is 13.8 Å². The molecular formula is C11H18N4S. The summed E-state index contributed by atoms with van der Waals surface area (Å²) in [5.41, 5.74) is 0. The van der Waals surface area contributed by atoms with E-state index in [1.807, 2.05) is 11.6 Å². The van der Waals surface area contributed by atoms with Gasteiger partial charge in [-0.2, -0.15) is 0 Å². The van der Waals surface area contributed by atoms with Crippen LogP contribution in [0.2, 0.25) is 0 Å². The van der Waals surface area contributed by atoms with Crippen molar-refractivity contribution in [2.24, 2.45) is 5.92 Å². The van der Waals surface area contributed by atoms with Gasteiger partial charge < -0.3 is 9.80 Å². The Bertz CT molecular complexity index is 339. The van der Waals surface area contributed by atoms with E-state index in [1.54, 1.807) is 11.3 Å². The third-order valence-electron chi connectivity index (χ3n) is 2.86. The van der Waals surface area contributed by atoms with E-state index < -0.39 is 0 Å². The lowest BCUT2D eigenvalue weighted by molar-refractivity contribution is 0.368. The first-order valence-corrected chi connectivity index (χ1v) is 6.54. The van der Waals surface area contributed by atoms with E-state index >= 15 is 0 Å². The largest absolute Gasteiger partial charge is 0.357 e. The van der Waals surface area contributed by atoms with E-state index in [-0.39, 0.29) is 0 Å². The summed E-state index contributed by atoms with van der Waals surface area (Å²) in [7, 11) is 0. The first kappa shape index (κ1) is 11.4. The molecule has 2 heterocycles. The zero-order valence-corrected chi connectivity index (χ0v) is 10.6. The van der Waals surface area contributed by atoms with Gasteiger partial charge in [0.25, 0.3) is 0 Å². The molecule has 1 fully saturated rings. The summed E-state index contributed by atoms with van der Waals surface area (Å²) in [6.07, 6.45) is 1.85. The topological polar surface area (TPSA) is 43.2 Å². The lowest BCUT2D eigenvalue weighted by atomic mass is 10.1. The molecule has 1 aromatic rings. The molecule has 0 unspecified atom stereocenters. The first-order valence-electron chi connectivity index (χ1n) is 5.66. The Kier molecular flexibility index (Phi) is 3.43. The molecule has 1 N–H and O–H groups in total. The second-order valence-electron chi connectivity index (χ2n) is 4.33. The molecule has 1 saturated heterocycles. The number of thiazole rings is 1. The monoisotopic (exact) mass is 238 g/mol. The number of hydrogen-bond acceptors (Lipinski definition) is 4.